The Bertz CT molecular complexity index is 573. The van der Waals surface area contributed by atoms with E-state index in [0.29, 0.717) is 0 Å². The zero-order valence-electron chi connectivity index (χ0n) is 27.5. The number of halogens is 3. The van der Waals surface area contributed by atoms with Gasteiger partial charge >= 0.3 is 5.51 Å². The summed E-state index contributed by atoms with van der Waals surface area (Å²) in [6.45, 7) is 9.38. The van der Waals surface area contributed by atoms with E-state index in [1.54, 1.807) is 50.3 Å². The third-order valence-electron chi connectivity index (χ3n) is 8.23. The predicted molar refractivity (Wildman–Crippen MR) is 176 cm³/mol. The summed E-state index contributed by atoms with van der Waals surface area (Å²) in [5.41, 5.74) is -5.65. The number of unbranched alkanes of at least 4 members (excludes halogenated alkanes) is 20. The Morgan fingerprint density at radius 1 is 0.439 bits per heavy atom. The molecule has 0 aromatic carbocycles. The van der Waals surface area contributed by atoms with Crippen molar-refractivity contribution in [2.75, 3.05) is 24.6 Å². The highest BCUT2D eigenvalue weighted by atomic mass is 32.2. The smallest absolute Gasteiger partial charge is 0.485 e. The topological polar surface area (TPSA) is 57.2 Å². The zero-order valence-corrected chi connectivity index (χ0v) is 29.2. The summed E-state index contributed by atoms with van der Waals surface area (Å²) in [6, 6.07) is 0. The standard InChI is InChI=1S/C32H68P.CHF3O3S/c1-5-9-13-17-21-25-29-33(30-26-22-18-14-10-6-2,31-27-23-19-15-11-7-3)32-28-24-20-16-12-8-4;2-1(3,4)8(5,6)7/h5-32H2,1-4H3;(H,5,6,7)/q+1;/p-1. The van der Waals surface area contributed by atoms with E-state index in [0.717, 1.165) is 0 Å². The van der Waals surface area contributed by atoms with E-state index in [4.69, 9.17) is 13.0 Å². The fourth-order valence-electron chi connectivity index (χ4n) is 5.58. The van der Waals surface area contributed by atoms with Crippen molar-refractivity contribution < 1.29 is 26.1 Å². The second-order valence-corrected chi connectivity index (χ2v) is 18.1. The molecule has 0 aromatic heterocycles. The number of hydrogen-bond acceptors (Lipinski definition) is 3. The van der Waals surface area contributed by atoms with Gasteiger partial charge in [0.05, 0.1) is 24.6 Å². The van der Waals surface area contributed by atoms with Crippen LogP contribution in [0.25, 0.3) is 0 Å². The first-order valence-corrected chi connectivity index (χ1v) is 21.3. The van der Waals surface area contributed by atoms with Crippen LogP contribution in [0.4, 0.5) is 13.2 Å². The van der Waals surface area contributed by atoms with Crippen LogP contribution in [0.15, 0.2) is 0 Å². The van der Waals surface area contributed by atoms with Gasteiger partial charge in [-0.1, -0.05) is 130 Å². The fourth-order valence-corrected chi connectivity index (χ4v) is 10.5. The molecule has 0 amide bonds. The van der Waals surface area contributed by atoms with E-state index < -0.39 is 22.9 Å². The Morgan fingerprint density at radius 2 is 0.610 bits per heavy atom. The highest BCUT2D eigenvalue weighted by Crippen LogP contribution is 2.61. The maximum Gasteiger partial charge on any atom is 0.485 e. The molecule has 0 radical (unpaired) electrons. The molecule has 0 unspecified atom stereocenters. The molecule has 0 aliphatic carbocycles. The van der Waals surface area contributed by atoms with Crippen LogP contribution in [0, 0.1) is 0 Å². The molecule has 0 fully saturated rings. The first-order valence-electron chi connectivity index (χ1n) is 17.4. The number of rotatable bonds is 28. The highest BCUT2D eigenvalue weighted by molar-refractivity contribution is 7.86. The first kappa shape index (κ1) is 43.3. The normalized spacial score (nSPS) is 12.4. The molecule has 0 aromatic rings. The molecule has 0 atom stereocenters. The van der Waals surface area contributed by atoms with Crippen molar-refractivity contribution in [3.8, 4) is 0 Å². The molecule has 0 saturated heterocycles. The second-order valence-electron chi connectivity index (χ2n) is 12.2. The number of hydrogen-bond donors (Lipinski definition) is 0. The third-order valence-corrected chi connectivity index (χ3v) is 13.9. The fraction of sp³-hybridized carbons (Fsp3) is 1.00. The molecule has 0 aliphatic heterocycles. The van der Waals surface area contributed by atoms with E-state index in [9.17, 15) is 13.2 Å². The lowest BCUT2D eigenvalue weighted by atomic mass is 10.1. The molecule has 0 spiro atoms. The van der Waals surface area contributed by atoms with Crippen LogP contribution in [-0.2, 0) is 10.1 Å². The van der Waals surface area contributed by atoms with E-state index in [1.807, 2.05) is 0 Å². The van der Waals surface area contributed by atoms with Gasteiger partial charge in [-0.05, 0) is 51.4 Å². The minimum atomic E-state index is -6.09. The van der Waals surface area contributed by atoms with Crippen molar-refractivity contribution in [1.82, 2.24) is 0 Å². The Balaban J connectivity index is 0. The van der Waals surface area contributed by atoms with Crippen LogP contribution in [0.2, 0.25) is 0 Å². The Morgan fingerprint density at radius 3 is 0.780 bits per heavy atom. The van der Waals surface area contributed by atoms with Crippen molar-refractivity contribution in [3.63, 3.8) is 0 Å². The monoisotopic (exact) mass is 632 g/mol. The quantitative estimate of drug-likeness (QED) is 0.0373. The summed E-state index contributed by atoms with van der Waals surface area (Å²) in [7, 11) is -6.81. The molecule has 250 valence electrons. The summed E-state index contributed by atoms with van der Waals surface area (Å²) in [4.78, 5) is 0. The van der Waals surface area contributed by atoms with E-state index in [1.165, 1.54) is 128 Å². The molecule has 41 heavy (non-hydrogen) atoms. The lowest BCUT2D eigenvalue weighted by Gasteiger charge is -2.28. The van der Waals surface area contributed by atoms with E-state index >= 15 is 0 Å². The van der Waals surface area contributed by atoms with Gasteiger partial charge in [0.1, 0.15) is 0 Å². The maximum absolute atomic E-state index is 10.7. The molecule has 8 heteroatoms. The van der Waals surface area contributed by atoms with Crippen molar-refractivity contribution in [2.24, 2.45) is 0 Å². The predicted octanol–water partition coefficient (Wildman–Crippen LogP) is 12.5. The van der Waals surface area contributed by atoms with Crippen LogP contribution in [-0.4, -0.2) is 43.1 Å². The average molecular weight is 633 g/mol. The zero-order chi connectivity index (χ0) is 31.3. The molecule has 0 bridgehead atoms. The lowest BCUT2D eigenvalue weighted by molar-refractivity contribution is -0.0517. The molecular formula is C33H68F3O3PS. The van der Waals surface area contributed by atoms with Crippen molar-refractivity contribution in [3.05, 3.63) is 0 Å². The van der Waals surface area contributed by atoms with Gasteiger partial charge in [-0.2, -0.15) is 13.2 Å². The van der Waals surface area contributed by atoms with Gasteiger partial charge in [0.25, 0.3) is 0 Å². The molecule has 0 heterocycles. The van der Waals surface area contributed by atoms with Crippen LogP contribution < -0.4 is 0 Å². The average Bonchev–Trinajstić information content (AvgIpc) is 2.91. The van der Waals surface area contributed by atoms with Crippen LogP contribution >= 0.6 is 7.26 Å². The Hall–Kier alpha value is 0.130. The SMILES string of the molecule is CCCCCCCC[P+](CCCCCCCC)(CCCCCCCC)CCCCCCCC.O=S(=O)([O-])C(F)(F)F. The maximum atomic E-state index is 10.7. The molecule has 0 saturated carbocycles. The first-order chi connectivity index (χ1) is 19.5. The van der Waals surface area contributed by atoms with Gasteiger partial charge < -0.3 is 4.55 Å². The largest absolute Gasteiger partial charge is 0.741 e. The van der Waals surface area contributed by atoms with Crippen molar-refractivity contribution in [1.29, 1.82) is 0 Å². The van der Waals surface area contributed by atoms with Gasteiger partial charge in [0, 0.05) is 7.26 Å². The van der Waals surface area contributed by atoms with Gasteiger partial charge in [0.15, 0.2) is 10.1 Å². The Kier molecular flexibility index (Phi) is 30.5. The third kappa shape index (κ3) is 28.6. The van der Waals surface area contributed by atoms with Gasteiger partial charge in [0.2, 0.25) is 0 Å². The molecule has 3 nitrogen and oxygen atoms in total. The molecule has 0 N–H and O–H groups in total. The Labute approximate surface area is 255 Å². The van der Waals surface area contributed by atoms with Gasteiger partial charge in [-0.15, -0.1) is 0 Å². The lowest BCUT2D eigenvalue weighted by Crippen LogP contribution is -2.21. The van der Waals surface area contributed by atoms with Crippen molar-refractivity contribution in [2.45, 2.75) is 187 Å². The second kappa shape index (κ2) is 28.9. The molecule has 0 aliphatic rings. The highest BCUT2D eigenvalue weighted by Gasteiger charge is 2.37. The van der Waals surface area contributed by atoms with Crippen LogP contribution in [0.1, 0.15) is 182 Å². The van der Waals surface area contributed by atoms with E-state index in [-0.39, 0.29) is 0 Å². The van der Waals surface area contributed by atoms with E-state index in [2.05, 4.69) is 27.7 Å². The minimum Gasteiger partial charge on any atom is -0.741 e. The summed E-state index contributed by atoms with van der Waals surface area (Å²) >= 11 is 0. The number of alkyl halides is 3. The minimum absolute atomic E-state index is 0.718. The summed E-state index contributed by atoms with van der Waals surface area (Å²) in [5, 5.41) is 0. The molecule has 0 rings (SSSR count). The van der Waals surface area contributed by atoms with Crippen LogP contribution in [0.3, 0.4) is 0 Å². The summed E-state index contributed by atoms with van der Waals surface area (Å²) in [6.07, 6.45) is 42.1. The van der Waals surface area contributed by atoms with Crippen LogP contribution in [0.5, 0.6) is 0 Å². The van der Waals surface area contributed by atoms with Crippen molar-refractivity contribution >= 4 is 17.4 Å². The van der Waals surface area contributed by atoms with Gasteiger partial charge in [-0.25, -0.2) is 8.42 Å². The molecular weight excluding hydrogens is 564 g/mol. The van der Waals surface area contributed by atoms with Gasteiger partial charge in [-0.3, -0.25) is 0 Å². The summed E-state index contributed by atoms with van der Waals surface area (Å²) < 4.78 is 58.9. The summed E-state index contributed by atoms with van der Waals surface area (Å²) in [5.74, 6) is 0.